The van der Waals surface area contributed by atoms with Gasteiger partial charge < -0.3 is 20.4 Å². The Morgan fingerprint density at radius 3 is 3.00 bits per heavy atom. The number of hydrogen-bond acceptors (Lipinski definition) is 2. The average molecular weight is 314 g/mol. The molecule has 0 saturated carbocycles. The monoisotopic (exact) mass is 314 g/mol. The molecule has 2 heterocycles. The second kappa shape index (κ2) is 8.02. The van der Waals surface area contributed by atoms with Crippen LogP contribution in [0.4, 0.5) is 0 Å². The van der Waals surface area contributed by atoms with Gasteiger partial charge in [0.1, 0.15) is 0 Å². The molecule has 1 aromatic heterocycles. The fraction of sp³-hybridized carbons (Fsp3) is 0.500. The van der Waals surface area contributed by atoms with Crippen LogP contribution in [0.1, 0.15) is 24.8 Å². The van der Waals surface area contributed by atoms with Gasteiger partial charge >= 0.3 is 0 Å². The van der Waals surface area contributed by atoms with Crippen LogP contribution < -0.4 is 10.6 Å². The predicted octanol–water partition coefficient (Wildman–Crippen LogP) is 2.44. The van der Waals surface area contributed by atoms with Crippen LogP contribution in [0.25, 0.3) is 10.9 Å². The number of hydrogen-bond donors (Lipinski definition) is 3. The number of fused-ring (bicyclic) bond motifs is 1. The highest BCUT2D eigenvalue weighted by atomic mass is 16.5. The molecule has 1 atom stereocenters. The van der Waals surface area contributed by atoms with Gasteiger partial charge in [-0.15, -0.1) is 0 Å². The first-order chi connectivity index (χ1) is 11.4. The van der Waals surface area contributed by atoms with Crippen molar-refractivity contribution in [1.29, 1.82) is 0 Å². The second-order valence-corrected chi connectivity index (χ2v) is 5.96. The van der Waals surface area contributed by atoms with Gasteiger partial charge in [-0.25, -0.2) is 0 Å². The number of nitrogens with zero attached hydrogens (tertiary/aromatic N) is 1. The number of nitrogens with one attached hydrogen (secondary N) is 3. The maximum absolute atomic E-state index is 5.64. The Bertz CT molecular complexity index is 643. The number of ether oxygens (including phenoxy) is 1. The van der Waals surface area contributed by atoms with Crippen molar-refractivity contribution in [2.24, 2.45) is 4.99 Å². The third kappa shape index (κ3) is 4.26. The molecule has 1 unspecified atom stereocenters. The van der Waals surface area contributed by atoms with Crippen LogP contribution in [0.15, 0.2) is 35.5 Å². The molecule has 1 saturated heterocycles. The molecule has 0 bridgehead atoms. The molecule has 1 fully saturated rings. The van der Waals surface area contributed by atoms with Crippen molar-refractivity contribution < 1.29 is 4.74 Å². The Balaban J connectivity index is 1.41. The van der Waals surface area contributed by atoms with Crippen molar-refractivity contribution in [2.45, 2.75) is 31.8 Å². The van der Waals surface area contributed by atoms with Crippen LogP contribution in [0, 0.1) is 0 Å². The number of aromatic nitrogens is 1. The number of aromatic amines is 1. The van der Waals surface area contributed by atoms with E-state index in [2.05, 4.69) is 51.1 Å². The summed E-state index contributed by atoms with van der Waals surface area (Å²) in [7, 11) is 1.81. The Kier molecular flexibility index (Phi) is 5.53. The lowest BCUT2D eigenvalue weighted by Gasteiger charge is -2.14. The predicted molar refractivity (Wildman–Crippen MR) is 95.0 cm³/mol. The minimum Gasteiger partial charge on any atom is -0.378 e. The van der Waals surface area contributed by atoms with E-state index in [1.54, 1.807) is 0 Å². The van der Waals surface area contributed by atoms with Crippen molar-refractivity contribution in [3.05, 3.63) is 36.0 Å². The molecule has 3 N–H and O–H groups in total. The molecular formula is C18H26N4O. The van der Waals surface area contributed by atoms with Crippen LogP contribution >= 0.6 is 0 Å². The number of benzene rings is 1. The Morgan fingerprint density at radius 2 is 2.17 bits per heavy atom. The van der Waals surface area contributed by atoms with Crippen molar-refractivity contribution in [1.82, 2.24) is 15.6 Å². The van der Waals surface area contributed by atoms with Gasteiger partial charge in [0, 0.05) is 43.8 Å². The summed E-state index contributed by atoms with van der Waals surface area (Å²) in [6.07, 6.45) is 6.92. The van der Waals surface area contributed by atoms with E-state index in [1.165, 1.54) is 29.3 Å². The molecule has 5 heteroatoms. The standard InChI is InChI=1S/C18H26N4O/c1-19-18(21-11-9-15-5-4-12-23-15)20-10-8-14-13-22-17-7-3-2-6-16(14)17/h2-3,6-7,13,15,22H,4-5,8-12H2,1H3,(H2,19,20,21). The zero-order chi connectivity index (χ0) is 15.9. The maximum atomic E-state index is 5.64. The van der Waals surface area contributed by atoms with E-state index < -0.39 is 0 Å². The van der Waals surface area contributed by atoms with Crippen molar-refractivity contribution in [3.8, 4) is 0 Å². The molecule has 5 nitrogen and oxygen atoms in total. The number of para-hydroxylation sites is 1. The Morgan fingerprint density at radius 1 is 1.30 bits per heavy atom. The zero-order valence-corrected chi connectivity index (χ0v) is 13.8. The first-order valence-corrected chi connectivity index (χ1v) is 8.48. The van der Waals surface area contributed by atoms with Crippen molar-refractivity contribution in [2.75, 3.05) is 26.7 Å². The first kappa shape index (κ1) is 15.9. The largest absolute Gasteiger partial charge is 0.378 e. The smallest absolute Gasteiger partial charge is 0.190 e. The summed E-state index contributed by atoms with van der Waals surface area (Å²) in [4.78, 5) is 7.60. The molecule has 0 radical (unpaired) electrons. The molecule has 0 aliphatic carbocycles. The van der Waals surface area contributed by atoms with Gasteiger partial charge in [0.25, 0.3) is 0 Å². The highest BCUT2D eigenvalue weighted by Gasteiger charge is 2.14. The van der Waals surface area contributed by atoms with Crippen LogP contribution in [-0.2, 0) is 11.2 Å². The lowest BCUT2D eigenvalue weighted by molar-refractivity contribution is 0.105. The van der Waals surface area contributed by atoms with Crippen molar-refractivity contribution in [3.63, 3.8) is 0 Å². The molecule has 2 aromatic rings. The van der Waals surface area contributed by atoms with E-state index in [9.17, 15) is 0 Å². The lowest BCUT2D eigenvalue weighted by Crippen LogP contribution is -2.39. The van der Waals surface area contributed by atoms with E-state index in [0.29, 0.717) is 6.10 Å². The quantitative estimate of drug-likeness (QED) is 0.567. The summed E-state index contributed by atoms with van der Waals surface area (Å²) in [6, 6.07) is 8.41. The molecule has 1 aliphatic heterocycles. The molecule has 1 aromatic carbocycles. The topological polar surface area (TPSA) is 61.4 Å². The zero-order valence-electron chi connectivity index (χ0n) is 13.8. The van der Waals surface area contributed by atoms with E-state index in [-0.39, 0.29) is 0 Å². The fourth-order valence-electron chi connectivity index (χ4n) is 3.10. The second-order valence-electron chi connectivity index (χ2n) is 5.96. The highest BCUT2D eigenvalue weighted by molar-refractivity contribution is 5.83. The third-order valence-electron chi connectivity index (χ3n) is 4.37. The number of rotatable bonds is 6. The molecule has 3 rings (SSSR count). The minimum absolute atomic E-state index is 0.423. The van der Waals surface area contributed by atoms with E-state index in [4.69, 9.17) is 4.74 Å². The number of guanidine groups is 1. The fourth-order valence-corrected chi connectivity index (χ4v) is 3.10. The van der Waals surface area contributed by atoms with Crippen LogP contribution in [0.5, 0.6) is 0 Å². The number of aliphatic imine (C=N–C) groups is 1. The Hall–Kier alpha value is -2.01. The summed E-state index contributed by atoms with van der Waals surface area (Å²) in [5, 5.41) is 8.05. The van der Waals surface area contributed by atoms with Gasteiger partial charge in [0.15, 0.2) is 5.96 Å². The molecule has 1 aliphatic rings. The summed E-state index contributed by atoms with van der Waals surface area (Å²) < 4.78 is 5.64. The van der Waals surface area contributed by atoms with Crippen molar-refractivity contribution >= 4 is 16.9 Å². The molecular weight excluding hydrogens is 288 g/mol. The SMILES string of the molecule is CN=C(NCCc1c[nH]c2ccccc12)NCCC1CCCO1. The van der Waals surface area contributed by atoms with Crippen LogP contribution in [0.3, 0.4) is 0 Å². The first-order valence-electron chi connectivity index (χ1n) is 8.48. The molecule has 0 spiro atoms. The summed E-state index contributed by atoms with van der Waals surface area (Å²) >= 11 is 0. The molecule has 23 heavy (non-hydrogen) atoms. The molecule has 0 amide bonds. The van der Waals surface area contributed by atoms with E-state index in [0.717, 1.165) is 38.5 Å². The van der Waals surface area contributed by atoms with Gasteiger partial charge in [0.2, 0.25) is 0 Å². The van der Waals surface area contributed by atoms with Gasteiger partial charge in [-0.1, -0.05) is 18.2 Å². The van der Waals surface area contributed by atoms with E-state index in [1.807, 2.05) is 7.05 Å². The van der Waals surface area contributed by atoms with Gasteiger partial charge in [-0.05, 0) is 37.3 Å². The Labute approximate surface area is 137 Å². The van der Waals surface area contributed by atoms with Crippen LogP contribution in [0.2, 0.25) is 0 Å². The maximum Gasteiger partial charge on any atom is 0.190 e. The average Bonchev–Trinajstić information content (AvgIpc) is 3.23. The summed E-state index contributed by atoms with van der Waals surface area (Å²) in [5.74, 6) is 0.864. The lowest BCUT2D eigenvalue weighted by atomic mass is 10.1. The summed E-state index contributed by atoms with van der Waals surface area (Å²) in [6.45, 7) is 2.68. The normalized spacial score (nSPS) is 18.5. The third-order valence-corrected chi connectivity index (χ3v) is 4.37. The van der Waals surface area contributed by atoms with Gasteiger partial charge in [-0.3, -0.25) is 4.99 Å². The molecule has 124 valence electrons. The van der Waals surface area contributed by atoms with Crippen LogP contribution in [-0.4, -0.2) is 43.8 Å². The van der Waals surface area contributed by atoms with Gasteiger partial charge in [0.05, 0.1) is 6.10 Å². The van der Waals surface area contributed by atoms with Gasteiger partial charge in [-0.2, -0.15) is 0 Å². The van der Waals surface area contributed by atoms with E-state index >= 15 is 0 Å². The minimum atomic E-state index is 0.423. The summed E-state index contributed by atoms with van der Waals surface area (Å²) in [5.41, 5.74) is 2.53. The highest BCUT2D eigenvalue weighted by Crippen LogP contribution is 2.17. The number of H-pyrrole nitrogens is 1.